The first-order chi connectivity index (χ1) is 9.75. The molecule has 0 aliphatic rings. The van der Waals surface area contributed by atoms with Gasteiger partial charge in [0.2, 0.25) is 5.91 Å². The van der Waals surface area contributed by atoms with Crippen LogP contribution in [-0.2, 0) is 9.36 Å². The minimum absolute atomic E-state index is 0.266. The first kappa shape index (κ1) is 17.6. The number of hydrogen-bond donors (Lipinski definition) is 3. The van der Waals surface area contributed by atoms with Gasteiger partial charge in [-0.1, -0.05) is 38.1 Å². The lowest BCUT2D eigenvalue weighted by atomic mass is 10.0. The summed E-state index contributed by atoms with van der Waals surface area (Å²) >= 11 is 0. The zero-order chi connectivity index (χ0) is 16.1. The fourth-order valence-corrected chi connectivity index (χ4v) is 3.21. The number of aryl methyl sites for hydroxylation is 1. The average Bonchev–Trinajstić information content (AvgIpc) is 2.41. The fraction of sp³-hybridized carbons (Fsp3) is 0.400. The molecule has 0 unspecified atom stereocenters. The SMILES string of the molecule is CCC(/C=C/C(=O)Nc1ccccc1C)(CC)P(=O)(O)O. The second kappa shape index (κ2) is 7.03. The summed E-state index contributed by atoms with van der Waals surface area (Å²) in [6.45, 7) is 5.27. The largest absolute Gasteiger partial charge is 0.335 e. The third-order valence-corrected chi connectivity index (χ3v) is 5.69. The molecular weight excluding hydrogens is 289 g/mol. The van der Waals surface area contributed by atoms with Gasteiger partial charge in [0, 0.05) is 11.8 Å². The summed E-state index contributed by atoms with van der Waals surface area (Å²) in [6.07, 6.45) is 3.07. The number of rotatable bonds is 6. The zero-order valence-corrected chi connectivity index (χ0v) is 13.4. The Labute approximate surface area is 125 Å². The molecule has 0 bridgehead atoms. The Morgan fingerprint density at radius 2 is 1.86 bits per heavy atom. The quantitative estimate of drug-likeness (QED) is 0.556. The van der Waals surface area contributed by atoms with E-state index in [1.807, 2.05) is 25.1 Å². The summed E-state index contributed by atoms with van der Waals surface area (Å²) in [5.41, 5.74) is 1.61. The third kappa shape index (κ3) is 4.27. The molecule has 0 heterocycles. The van der Waals surface area contributed by atoms with Gasteiger partial charge in [-0.15, -0.1) is 0 Å². The summed E-state index contributed by atoms with van der Waals surface area (Å²) in [5.74, 6) is -0.399. The van der Waals surface area contributed by atoms with Crippen molar-refractivity contribution in [1.82, 2.24) is 0 Å². The van der Waals surface area contributed by atoms with Crippen molar-refractivity contribution in [3.8, 4) is 0 Å². The first-order valence-electron chi connectivity index (χ1n) is 6.87. The van der Waals surface area contributed by atoms with Gasteiger partial charge >= 0.3 is 7.60 Å². The van der Waals surface area contributed by atoms with Crippen molar-refractivity contribution in [1.29, 1.82) is 0 Å². The molecule has 3 N–H and O–H groups in total. The van der Waals surface area contributed by atoms with E-state index in [4.69, 9.17) is 0 Å². The molecule has 1 aromatic carbocycles. The summed E-state index contributed by atoms with van der Waals surface area (Å²) in [7, 11) is -4.32. The predicted octanol–water partition coefficient (Wildman–Crippen LogP) is 3.23. The van der Waals surface area contributed by atoms with Crippen LogP contribution in [0.25, 0.3) is 0 Å². The Balaban J connectivity index is 2.91. The van der Waals surface area contributed by atoms with E-state index < -0.39 is 18.7 Å². The number of carbonyl (C=O) groups is 1. The van der Waals surface area contributed by atoms with E-state index >= 15 is 0 Å². The van der Waals surface area contributed by atoms with E-state index in [0.29, 0.717) is 5.69 Å². The highest BCUT2D eigenvalue weighted by molar-refractivity contribution is 7.53. The highest BCUT2D eigenvalue weighted by Crippen LogP contribution is 2.55. The number of benzene rings is 1. The molecule has 0 aromatic heterocycles. The monoisotopic (exact) mass is 311 g/mol. The van der Waals surface area contributed by atoms with Crippen LogP contribution in [0.2, 0.25) is 0 Å². The summed E-state index contributed by atoms with van der Waals surface area (Å²) in [5, 5.41) is 1.42. The van der Waals surface area contributed by atoms with Crippen LogP contribution in [0.3, 0.4) is 0 Å². The van der Waals surface area contributed by atoms with Crippen LogP contribution in [0.5, 0.6) is 0 Å². The number of carbonyl (C=O) groups excluding carboxylic acids is 1. The number of hydrogen-bond acceptors (Lipinski definition) is 2. The maximum absolute atomic E-state index is 11.9. The lowest BCUT2D eigenvalue weighted by Crippen LogP contribution is -2.25. The van der Waals surface area contributed by atoms with Crippen LogP contribution < -0.4 is 5.32 Å². The molecule has 116 valence electrons. The van der Waals surface area contributed by atoms with Crippen molar-refractivity contribution in [2.75, 3.05) is 5.32 Å². The van der Waals surface area contributed by atoms with Gasteiger partial charge in [-0.25, -0.2) is 0 Å². The molecule has 0 saturated heterocycles. The van der Waals surface area contributed by atoms with E-state index in [1.165, 1.54) is 12.2 Å². The van der Waals surface area contributed by atoms with Gasteiger partial charge in [0.15, 0.2) is 0 Å². The molecule has 0 spiro atoms. The number of nitrogens with one attached hydrogen (secondary N) is 1. The van der Waals surface area contributed by atoms with Crippen LogP contribution in [0.4, 0.5) is 5.69 Å². The Morgan fingerprint density at radius 3 is 2.33 bits per heavy atom. The van der Waals surface area contributed by atoms with Crippen molar-refractivity contribution >= 4 is 19.2 Å². The Morgan fingerprint density at radius 1 is 1.29 bits per heavy atom. The van der Waals surface area contributed by atoms with Gasteiger partial charge in [-0.3, -0.25) is 9.36 Å². The fourth-order valence-electron chi connectivity index (χ4n) is 2.11. The number of allylic oxidation sites excluding steroid dienone is 1. The summed E-state index contributed by atoms with van der Waals surface area (Å²) < 4.78 is 11.7. The Bertz CT molecular complexity index is 573. The van der Waals surface area contributed by atoms with Gasteiger partial charge in [0.05, 0.1) is 5.16 Å². The smallest absolute Gasteiger partial charge is 0.324 e. The van der Waals surface area contributed by atoms with Gasteiger partial charge in [-0.05, 0) is 31.4 Å². The number of amides is 1. The van der Waals surface area contributed by atoms with Crippen molar-refractivity contribution in [3.05, 3.63) is 42.0 Å². The molecule has 1 amide bonds. The van der Waals surface area contributed by atoms with Crippen LogP contribution in [0, 0.1) is 6.92 Å². The van der Waals surface area contributed by atoms with E-state index in [2.05, 4.69) is 5.32 Å². The van der Waals surface area contributed by atoms with E-state index in [9.17, 15) is 19.1 Å². The number of para-hydroxylation sites is 1. The summed E-state index contributed by atoms with van der Waals surface area (Å²) in [4.78, 5) is 30.9. The molecule has 0 saturated carbocycles. The molecule has 0 fully saturated rings. The second-order valence-corrected chi connectivity index (χ2v) is 6.97. The molecular formula is C15H22NO4P. The van der Waals surface area contributed by atoms with Gasteiger partial charge < -0.3 is 15.1 Å². The van der Waals surface area contributed by atoms with E-state index in [0.717, 1.165) is 5.56 Å². The highest BCUT2D eigenvalue weighted by atomic mass is 31.2. The maximum Gasteiger partial charge on any atom is 0.335 e. The minimum Gasteiger partial charge on any atom is -0.324 e. The lowest BCUT2D eigenvalue weighted by molar-refractivity contribution is -0.111. The minimum atomic E-state index is -4.32. The maximum atomic E-state index is 11.9. The van der Waals surface area contributed by atoms with Gasteiger partial charge in [0.25, 0.3) is 0 Å². The standard InChI is InChI=1S/C15H22NO4P/c1-4-15(5-2,21(18,19)20)11-10-14(17)16-13-9-7-6-8-12(13)3/h6-11H,4-5H2,1-3H3,(H,16,17)(H2,18,19,20)/b11-10+. The molecule has 0 radical (unpaired) electrons. The first-order valence-corrected chi connectivity index (χ1v) is 8.48. The van der Waals surface area contributed by atoms with Crippen LogP contribution in [0.1, 0.15) is 32.3 Å². The topological polar surface area (TPSA) is 86.6 Å². The molecule has 6 heteroatoms. The second-order valence-electron chi connectivity index (χ2n) is 4.99. The van der Waals surface area contributed by atoms with Crippen LogP contribution >= 0.6 is 7.60 Å². The van der Waals surface area contributed by atoms with Crippen molar-refractivity contribution in [2.24, 2.45) is 0 Å². The highest BCUT2D eigenvalue weighted by Gasteiger charge is 2.41. The molecule has 0 aliphatic carbocycles. The van der Waals surface area contributed by atoms with Crippen molar-refractivity contribution in [3.63, 3.8) is 0 Å². The predicted molar refractivity (Wildman–Crippen MR) is 84.3 cm³/mol. The van der Waals surface area contributed by atoms with Gasteiger partial charge in [-0.2, -0.15) is 0 Å². The van der Waals surface area contributed by atoms with E-state index in [1.54, 1.807) is 19.9 Å². The normalized spacial score (nSPS) is 12.6. The molecule has 1 rings (SSSR count). The van der Waals surface area contributed by atoms with Gasteiger partial charge in [0.1, 0.15) is 0 Å². The third-order valence-electron chi connectivity index (χ3n) is 3.75. The average molecular weight is 311 g/mol. The molecule has 0 atom stereocenters. The zero-order valence-electron chi connectivity index (χ0n) is 12.5. The van der Waals surface area contributed by atoms with Crippen molar-refractivity contribution in [2.45, 2.75) is 38.8 Å². The Kier molecular flexibility index (Phi) is 5.90. The Hall–Kier alpha value is -1.42. The van der Waals surface area contributed by atoms with E-state index in [-0.39, 0.29) is 12.8 Å². The lowest BCUT2D eigenvalue weighted by Gasteiger charge is -2.28. The number of anilines is 1. The molecule has 21 heavy (non-hydrogen) atoms. The molecule has 0 aliphatic heterocycles. The van der Waals surface area contributed by atoms with Crippen molar-refractivity contribution < 1.29 is 19.1 Å². The summed E-state index contributed by atoms with van der Waals surface area (Å²) in [6, 6.07) is 7.33. The van der Waals surface area contributed by atoms with Crippen LogP contribution in [0.15, 0.2) is 36.4 Å². The molecule has 5 nitrogen and oxygen atoms in total. The van der Waals surface area contributed by atoms with Crippen LogP contribution in [-0.4, -0.2) is 20.9 Å². The molecule has 1 aromatic rings.